The predicted molar refractivity (Wildman–Crippen MR) is 75.8 cm³/mol. The first-order valence-corrected chi connectivity index (χ1v) is 6.28. The van der Waals surface area contributed by atoms with E-state index < -0.39 is 0 Å². The van der Waals surface area contributed by atoms with Gasteiger partial charge in [0.25, 0.3) is 0 Å². The Morgan fingerprint density at radius 2 is 1.56 bits per heavy atom. The quantitative estimate of drug-likeness (QED) is 0.769. The molecule has 1 heterocycles. The summed E-state index contributed by atoms with van der Waals surface area (Å²) in [6.45, 7) is 2.10. The number of hydrogen-bond acceptors (Lipinski definition) is 2. The molecule has 1 aliphatic heterocycles. The van der Waals surface area contributed by atoms with Gasteiger partial charge in [0.05, 0.1) is 11.7 Å². The van der Waals surface area contributed by atoms with E-state index in [0.29, 0.717) is 6.04 Å². The molecule has 2 aromatic rings. The lowest BCUT2D eigenvalue weighted by atomic mass is 10.0. The van der Waals surface area contributed by atoms with Crippen LogP contribution in [-0.4, -0.2) is 5.71 Å². The second-order valence-electron chi connectivity index (χ2n) is 4.65. The summed E-state index contributed by atoms with van der Waals surface area (Å²) in [5.41, 5.74) is 3.66. The van der Waals surface area contributed by atoms with Crippen molar-refractivity contribution < 1.29 is 0 Å². The molecule has 0 aliphatic carbocycles. The van der Waals surface area contributed by atoms with Crippen molar-refractivity contribution in [3.8, 4) is 0 Å². The first-order chi connectivity index (χ1) is 8.84. The smallest absolute Gasteiger partial charge is 0.0828 e. The number of nitrogens with zero attached hydrogens (tertiary/aromatic N) is 2. The van der Waals surface area contributed by atoms with Gasteiger partial charge in [0.2, 0.25) is 0 Å². The Balaban J connectivity index is 1.97. The molecule has 0 bridgehead atoms. The zero-order valence-corrected chi connectivity index (χ0v) is 10.5. The van der Waals surface area contributed by atoms with Crippen LogP contribution in [-0.2, 0) is 0 Å². The van der Waals surface area contributed by atoms with Crippen molar-refractivity contribution >= 4 is 11.4 Å². The first-order valence-electron chi connectivity index (χ1n) is 6.28. The molecule has 90 valence electrons. The minimum Gasteiger partial charge on any atom is -0.258 e. The summed E-state index contributed by atoms with van der Waals surface area (Å²) >= 11 is 0. The number of rotatable bonds is 2. The molecule has 2 nitrogen and oxygen atoms in total. The second kappa shape index (κ2) is 4.65. The largest absolute Gasteiger partial charge is 0.258 e. The van der Waals surface area contributed by atoms with Crippen molar-refractivity contribution in [2.75, 3.05) is 5.01 Å². The van der Waals surface area contributed by atoms with Crippen LogP contribution in [0.25, 0.3) is 0 Å². The maximum Gasteiger partial charge on any atom is 0.0828 e. The van der Waals surface area contributed by atoms with Crippen molar-refractivity contribution in [3.05, 3.63) is 66.2 Å². The summed E-state index contributed by atoms with van der Waals surface area (Å²) < 4.78 is 0. The van der Waals surface area contributed by atoms with Crippen LogP contribution < -0.4 is 5.01 Å². The van der Waals surface area contributed by atoms with Crippen LogP contribution in [0.15, 0.2) is 65.8 Å². The van der Waals surface area contributed by atoms with Crippen molar-refractivity contribution in [1.82, 2.24) is 0 Å². The highest BCUT2D eigenvalue weighted by Crippen LogP contribution is 2.34. The SMILES string of the molecule is CC1=NN(c2ccccc2)[C@H](c2ccccc2)C1. The molecule has 18 heavy (non-hydrogen) atoms. The molecule has 2 heteroatoms. The number of benzene rings is 2. The molecular formula is C16H16N2. The molecule has 0 saturated carbocycles. The molecule has 0 amide bonds. The van der Waals surface area contributed by atoms with Crippen LogP contribution in [0, 0.1) is 0 Å². The number of anilines is 1. The summed E-state index contributed by atoms with van der Waals surface area (Å²) in [4.78, 5) is 0. The van der Waals surface area contributed by atoms with E-state index in [4.69, 9.17) is 0 Å². The maximum atomic E-state index is 4.67. The van der Waals surface area contributed by atoms with E-state index in [1.165, 1.54) is 11.3 Å². The van der Waals surface area contributed by atoms with Crippen molar-refractivity contribution in [3.63, 3.8) is 0 Å². The van der Waals surface area contributed by atoms with E-state index in [1.807, 2.05) is 6.07 Å². The summed E-state index contributed by atoms with van der Waals surface area (Å²) in [5.74, 6) is 0. The van der Waals surface area contributed by atoms with E-state index >= 15 is 0 Å². The molecule has 0 aromatic heterocycles. The molecule has 0 saturated heterocycles. The third-order valence-corrected chi connectivity index (χ3v) is 3.27. The zero-order valence-electron chi connectivity index (χ0n) is 10.5. The molecule has 1 aliphatic rings. The van der Waals surface area contributed by atoms with E-state index in [0.717, 1.165) is 12.1 Å². The fourth-order valence-electron chi connectivity index (χ4n) is 2.41. The third-order valence-electron chi connectivity index (χ3n) is 3.27. The lowest BCUT2D eigenvalue weighted by Gasteiger charge is -2.23. The molecule has 0 spiro atoms. The molecule has 1 atom stereocenters. The van der Waals surface area contributed by atoms with Crippen LogP contribution >= 0.6 is 0 Å². The Labute approximate surface area is 108 Å². The van der Waals surface area contributed by atoms with Crippen LogP contribution in [0.2, 0.25) is 0 Å². The summed E-state index contributed by atoms with van der Waals surface area (Å²) in [5, 5.41) is 6.80. The normalized spacial score (nSPS) is 18.8. The van der Waals surface area contributed by atoms with Gasteiger partial charge in [-0.3, -0.25) is 5.01 Å². The number of hydrogen-bond donors (Lipinski definition) is 0. The van der Waals surface area contributed by atoms with E-state index in [1.54, 1.807) is 0 Å². The van der Waals surface area contributed by atoms with Crippen LogP contribution in [0.5, 0.6) is 0 Å². The zero-order chi connectivity index (χ0) is 12.4. The Hall–Kier alpha value is -2.09. The molecule has 0 fully saturated rings. The van der Waals surface area contributed by atoms with Crippen molar-refractivity contribution in [1.29, 1.82) is 0 Å². The molecule has 3 rings (SSSR count). The fraction of sp³-hybridized carbons (Fsp3) is 0.188. The van der Waals surface area contributed by atoms with E-state index in [9.17, 15) is 0 Å². The Morgan fingerprint density at radius 1 is 0.944 bits per heavy atom. The monoisotopic (exact) mass is 236 g/mol. The Kier molecular flexibility index (Phi) is 2.85. The van der Waals surface area contributed by atoms with Crippen molar-refractivity contribution in [2.45, 2.75) is 19.4 Å². The van der Waals surface area contributed by atoms with Gasteiger partial charge in [0.15, 0.2) is 0 Å². The van der Waals surface area contributed by atoms with Crippen LogP contribution in [0.1, 0.15) is 24.9 Å². The van der Waals surface area contributed by atoms with Crippen LogP contribution in [0.4, 0.5) is 5.69 Å². The Morgan fingerprint density at radius 3 is 2.22 bits per heavy atom. The summed E-state index contributed by atoms with van der Waals surface area (Å²) in [7, 11) is 0. The lowest BCUT2D eigenvalue weighted by molar-refractivity contribution is 0.709. The van der Waals surface area contributed by atoms with Gasteiger partial charge in [-0.25, -0.2) is 0 Å². The van der Waals surface area contributed by atoms with Gasteiger partial charge < -0.3 is 0 Å². The summed E-state index contributed by atoms with van der Waals surface area (Å²) in [6.07, 6.45) is 0.999. The standard InChI is InChI=1S/C16H16N2/c1-13-12-16(14-8-4-2-5-9-14)18(17-13)15-10-6-3-7-11-15/h2-11,16H,12H2,1H3/t16-/m0/s1. The van der Waals surface area contributed by atoms with Gasteiger partial charge in [-0.1, -0.05) is 48.5 Å². The minimum absolute atomic E-state index is 0.327. The fourth-order valence-corrected chi connectivity index (χ4v) is 2.41. The molecule has 0 unspecified atom stereocenters. The highest BCUT2D eigenvalue weighted by Gasteiger charge is 2.26. The summed E-state index contributed by atoms with van der Waals surface area (Å²) in [6, 6.07) is 21.3. The molecule has 2 aromatic carbocycles. The second-order valence-corrected chi connectivity index (χ2v) is 4.65. The first kappa shape index (κ1) is 11.0. The lowest BCUT2D eigenvalue weighted by Crippen LogP contribution is -2.18. The van der Waals surface area contributed by atoms with Crippen LogP contribution in [0.3, 0.4) is 0 Å². The topological polar surface area (TPSA) is 15.6 Å². The maximum absolute atomic E-state index is 4.67. The highest BCUT2D eigenvalue weighted by atomic mass is 15.5. The highest BCUT2D eigenvalue weighted by molar-refractivity contribution is 5.86. The predicted octanol–water partition coefficient (Wildman–Crippen LogP) is 4.01. The van der Waals surface area contributed by atoms with Gasteiger partial charge in [0.1, 0.15) is 0 Å². The number of para-hydroxylation sites is 1. The van der Waals surface area contributed by atoms with Gasteiger partial charge in [-0.15, -0.1) is 0 Å². The minimum atomic E-state index is 0.327. The molecular weight excluding hydrogens is 220 g/mol. The third kappa shape index (κ3) is 2.02. The average Bonchev–Trinajstić information content (AvgIpc) is 2.83. The van der Waals surface area contributed by atoms with E-state index in [-0.39, 0.29) is 0 Å². The van der Waals surface area contributed by atoms with Gasteiger partial charge >= 0.3 is 0 Å². The van der Waals surface area contributed by atoms with Gasteiger partial charge in [0, 0.05) is 12.1 Å². The number of hydrazone groups is 1. The van der Waals surface area contributed by atoms with Crippen molar-refractivity contribution in [2.24, 2.45) is 5.10 Å². The molecule has 0 radical (unpaired) electrons. The van der Waals surface area contributed by atoms with E-state index in [2.05, 4.69) is 71.6 Å². The van der Waals surface area contributed by atoms with Gasteiger partial charge in [-0.2, -0.15) is 5.10 Å². The average molecular weight is 236 g/mol. The molecule has 0 N–H and O–H groups in total. The Bertz CT molecular complexity index is 546. The van der Waals surface area contributed by atoms with Gasteiger partial charge in [-0.05, 0) is 24.6 Å².